The van der Waals surface area contributed by atoms with Crippen molar-refractivity contribution in [2.75, 3.05) is 10.0 Å². The van der Waals surface area contributed by atoms with Crippen molar-refractivity contribution in [3.05, 3.63) is 106 Å². The highest BCUT2D eigenvalue weighted by atomic mass is 79.9. The number of benzene rings is 2. The Kier molecular flexibility index (Phi) is 8.03. The molecule has 2 amide bonds. The van der Waals surface area contributed by atoms with Crippen molar-refractivity contribution < 1.29 is 22.4 Å². The summed E-state index contributed by atoms with van der Waals surface area (Å²) >= 11 is 3.36. The van der Waals surface area contributed by atoms with Gasteiger partial charge in [0.1, 0.15) is 5.70 Å². The number of hydrogen-bond donors (Lipinski definition) is 3. The van der Waals surface area contributed by atoms with Crippen molar-refractivity contribution in [2.45, 2.75) is 18.7 Å². The number of carbonyl (C=O) groups excluding carboxylic acids is 2. The van der Waals surface area contributed by atoms with Gasteiger partial charge >= 0.3 is 0 Å². The number of aromatic nitrogens is 2. The molecule has 0 radical (unpaired) electrons. The van der Waals surface area contributed by atoms with Crippen LogP contribution in [0.25, 0.3) is 6.08 Å². The maximum atomic E-state index is 13.1. The fourth-order valence-electron chi connectivity index (χ4n) is 3.34. The van der Waals surface area contributed by atoms with Crippen LogP contribution in [0.15, 0.2) is 92.5 Å². The zero-order valence-corrected chi connectivity index (χ0v) is 22.6. The van der Waals surface area contributed by atoms with Crippen molar-refractivity contribution in [3.8, 4) is 0 Å². The molecule has 0 aliphatic carbocycles. The van der Waals surface area contributed by atoms with E-state index in [0.29, 0.717) is 22.6 Å². The molecule has 3 N–H and O–H groups in total. The lowest BCUT2D eigenvalue weighted by atomic mass is 10.2. The minimum atomic E-state index is -3.96. The standard InChI is InChI=1S/C26H22BrN5O5S/c1-16-14-17(2)29-26(28-16)32-38(35,36)21-11-9-20(10-12-21)30-24(33)22(15-18-5-7-19(27)8-6-18)31-25(34)23-4-3-13-37-23/h3-15H,1-2H3,(H,30,33)(H,31,34)(H,28,29,32). The molecule has 10 nitrogen and oxygen atoms in total. The van der Waals surface area contributed by atoms with Crippen molar-refractivity contribution in [1.82, 2.24) is 15.3 Å². The lowest BCUT2D eigenvalue weighted by molar-refractivity contribution is -0.113. The van der Waals surface area contributed by atoms with Gasteiger partial charge < -0.3 is 15.1 Å². The average Bonchev–Trinajstić information content (AvgIpc) is 3.40. The molecule has 4 aromatic rings. The fraction of sp³-hybridized carbons (Fsp3) is 0.0769. The van der Waals surface area contributed by atoms with E-state index in [0.717, 1.165) is 4.47 Å². The van der Waals surface area contributed by atoms with Gasteiger partial charge in [-0.3, -0.25) is 9.59 Å². The van der Waals surface area contributed by atoms with Crippen LogP contribution in [0.2, 0.25) is 0 Å². The van der Waals surface area contributed by atoms with Gasteiger partial charge in [-0.1, -0.05) is 28.1 Å². The van der Waals surface area contributed by atoms with E-state index < -0.39 is 21.8 Å². The van der Waals surface area contributed by atoms with E-state index in [9.17, 15) is 18.0 Å². The molecule has 0 spiro atoms. The smallest absolute Gasteiger partial charge is 0.291 e. The van der Waals surface area contributed by atoms with Gasteiger partial charge in [-0.2, -0.15) is 0 Å². The molecule has 0 bridgehead atoms. The van der Waals surface area contributed by atoms with Crippen LogP contribution in [0.4, 0.5) is 11.6 Å². The van der Waals surface area contributed by atoms with Crippen LogP contribution in [0.3, 0.4) is 0 Å². The van der Waals surface area contributed by atoms with Gasteiger partial charge in [0.05, 0.1) is 11.2 Å². The summed E-state index contributed by atoms with van der Waals surface area (Å²) in [7, 11) is -3.96. The summed E-state index contributed by atoms with van der Waals surface area (Å²) in [5.74, 6) is -1.22. The van der Waals surface area contributed by atoms with E-state index >= 15 is 0 Å². The van der Waals surface area contributed by atoms with Crippen LogP contribution in [0.1, 0.15) is 27.5 Å². The topological polar surface area (TPSA) is 143 Å². The summed E-state index contributed by atoms with van der Waals surface area (Å²) in [5, 5.41) is 5.23. The molecule has 0 atom stereocenters. The highest BCUT2D eigenvalue weighted by molar-refractivity contribution is 9.10. The molecular formula is C26H22BrN5O5S. The predicted octanol–water partition coefficient (Wildman–Crippen LogP) is 4.66. The normalized spacial score (nSPS) is 11.6. The second-order valence-corrected chi connectivity index (χ2v) is 10.7. The van der Waals surface area contributed by atoms with Crippen molar-refractivity contribution in [1.29, 1.82) is 0 Å². The first-order valence-electron chi connectivity index (χ1n) is 11.2. The number of amides is 2. The number of hydrogen-bond acceptors (Lipinski definition) is 7. The van der Waals surface area contributed by atoms with Crippen molar-refractivity contribution in [2.24, 2.45) is 0 Å². The molecule has 0 aliphatic heterocycles. The first-order valence-corrected chi connectivity index (χ1v) is 13.5. The van der Waals surface area contributed by atoms with E-state index in [4.69, 9.17) is 4.42 Å². The first kappa shape index (κ1) is 26.8. The van der Waals surface area contributed by atoms with E-state index in [1.807, 2.05) is 0 Å². The number of carbonyl (C=O) groups is 2. The molecule has 12 heteroatoms. The molecular weight excluding hydrogens is 574 g/mol. The minimum absolute atomic E-state index is 0.0325. The summed E-state index contributed by atoms with van der Waals surface area (Å²) < 4.78 is 33.9. The summed E-state index contributed by atoms with van der Waals surface area (Å²) in [6, 6.07) is 17.4. The summed E-state index contributed by atoms with van der Waals surface area (Å²) in [5.41, 5.74) is 2.18. The Balaban J connectivity index is 1.52. The Bertz CT molecular complexity index is 1580. The highest BCUT2D eigenvalue weighted by Gasteiger charge is 2.19. The van der Waals surface area contributed by atoms with E-state index in [1.54, 1.807) is 50.2 Å². The number of sulfonamides is 1. The Hall–Kier alpha value is -4.29. The van der Waals surface area contributed by atoms with Crippen LogP contribution in [0, 0.1) is 13.8 Å². The zero-order valence-electron chi connectivity index (χ0n) is 20.2. The predicted molar refractivity (Wildman–Crippen MR) is 146 cm³/mol. The molecule has 38 heavy (non-hydrogen) atoms. The van der Waals surface area contributed by atoms with Crippen LogP contribution < -0.4 is 15.4 Å². The number of furan rings is 1. The molecule has 2 heterocycles. The Morgan fingerprint density at radius 3 is 2.21 bits per heavy atom. The highest BCUT2D eigenvalue weighted by Crippen LogP contribution is 2.19. The van der Waals surface area contributed by atoms with E-state index in [-0.39, 0.29) is 22.3 Å². The maximum absolute atomic E-state index is 13.1. The summed E-state index contributed by atoms with van der Waals surface area (Å²) in [6.07, 6.45) is 2.86. The van der Waals surface area contributed by atoms with Gasteiger partial charge in [-0.15, -0.1) is 0 Å². The number of anilines is 2. The third-order valence-electron chi connectivity index (χ3n) is 5.05. The Morgan fingerprint density at radius 1 is 0.947 bits per heavy atom. The largest absolute Gasteiger partial charge is 0.459 e. The monoisotopic (exact) mass is 595 g/mol. The van der Waals surface area contributed by atoms with Gasteiger partial charge in [-0.25, -0.2) is 23.1 Å². The molecule has 0 aliphatic rings. The van der Waals surface area contributed by atoms with Gasteiger partial charge in [0.2, 0.25) is 5.95 Å². The van der Waals surface area contributed by atoms with Gasteiger partial charge in [0.15, 0.2) is 5.76 Å². The van der Waals surface area contributed by atoms with Crippen molar-refractivity contribution >= 4 is 55.5 Å². The quantitative estimate of drug-likeness (QED) is 0.251. The molecule has 2 aromatic carbocycles. The maximum Gasteiger partial charge on any atom is 0.291 e. The lowest BCUT2D eigenvalue weighted by Gasteiger charge is -2.12. The first-order chi connectivity index (χ1) is 18.1. The lowest BCUT2D eigenvalue weighted by Crippen LogP contribution is -2.30. The summed E-state index contributed by atoms with van der Waals surface area (Å²) in [4.78, 5) is 33.8. The van der Waals surface area contributed by atoms with Crippen LogP contribution in [0.5, 0.6) is 0 Å². The number of nitrogens with one attached hydrogen (secondary N) is 3. The Labute approximate surface area is 227 Å². The molecule has 0 saturated heterocycles. The van der Waals surface area contributed by atoms with E-state index in [2.05, 4.69) is 41.3 Å². The second-order valence-electron chi connectivity index (χ2n) is 8.10. The third-order valence-corrected chi connectivity index (χ3v) is 6.92. The number of aryl methyl sites for hydroxylation is 2. The van der Waals surface area contributed by atoms with Crippen LogP contribution >= 0.6 is 15.9 Å². The molecule has 4 rings (SSSR count). The second kappa shape index (κ2) is 11.4. The average molecular weight is 596 g/mol. The molecule has 0 saturated carbocycles. The fourth-order valence-corrected chi connectivity index (χ4v) is 4.55. The summed E-state index contributed by atoms with van der Waals surface area (Å²) in [6.45, 7) is 3.47. The van der Waals surface area contributed by atoms with Gasteiger partial charge in [0, 0.05) is 21.5 Å². The minimum Gasteiger partial charge on any atom is -0.459 e. The molecule has 0 unspecified atom stereocenters. The van der Waals surface area contributed by atoms with Crippen LogP contribution in [-0.4, -0.2) is 30.2 Å². The van der Waals surface area contributed by atoms with Crippen molar-refractivity contribution in [3.63, 3.8) is 0 Å². The number of halogens is 1. The number of nitrogens with zero attached hydrogens (tertiary/aromatic N) is 2. The zero-order chi connectivity index (χ0) is 27.3. The van der Waals surface area contributed by atoms with Gasteiger partial charge in [-0.05, 0) is 80.1 Å². The molecule has 2 aromatic heterocycles. The molecule has 194 valence electrons. The molecule has 0 fully saturated rings. The third kappa shape index (κ3) is 6.93. The van der Waals surface area contributed by atoms with Crippen LogP contribution in [-0.2, 0) is 14.8 Å². The van der Waals surface area contributed by atoms with Gasteiger partial charge in [0.25, 0.3) is 21.8 Å². The number of rotatable bonds is 8. The SMILES string of the molecule is Cc1cc(C)nc(NS(=O)(=O)c2ccc(NC(=O)C(=Cc3ccc(Br)cc3)NC(=O)c3ccco3)cc2)n1. The van der Waals surface area contributed by atoms with E-state index in [1.165, 1.54) is 42.7 Å². The Morgan fingerprint density at radius 2 is 1.61 bits per heavy atom.